The summed E-state index contributed by atoms with van der Waals surface area (Å²) in [6, 6.07) is 9.63. The lowest BCUT2D eigenvalue weighted by atomic mass is 9.93. The molecule has 0 radical (unpaired) electrons. The third kappa shape index (κ3) is 4.58. The van der Waals surface area contributed by atoms with Crippen molar-refractivity contribution >= 4 is 21.6 Å². The quantitative estimate of drug-likeness (QED) is 0.775. The number of carbonyl (C=O) groups excluding carboxylic acids is 1. The van der Waals surface area contributed by atoms with E-state index in [-0.39, 0.29) is 23.3 Å². The van der Waals surface area contributed by atoms with Gasteiger partial charge in [0.2, 0.25) is 15.9 Å². The zero-order valence-electron chi connectivity index (χ0n) is 13.6. The van der Waals surface area contributed by atoms with Gasteiger partial charge in [-0.1, -0.05) is 18.2 Å². The second-order valence-electron chi connectivity index (χ2n) is 5.90. The van der Waals surface area contributed by atoms with Gasteiger partial charge in [-0.25, -0.2) is 13.1 Å². The lowest BCUT2D eigenvalue weighted by Gasteiger charge is -2.17. The first kappa shape index (κ1) is 17.4. The van der Waals surface area contributed by atoms with Crippen LogP contribution in [0.5, 0.6) is 0 Å². The standard InChI is InChI=1S/C18H20N2O4S/c21-18(14-6-2-1-3-7-14)20-15-8-4-10-17(12-15)25(22,23)19-13-16-9-5-11-24-16/h1-2,4-5,8-12,14,19H,3,6-7,13H2,(H,20,21). The SMILES string of the molecule is O=C(Nc1cccc(S(=O)(=O)NCc2ccco2)c1)C1CC=CCC1. The largest absolute Gasteiger partial charge is 0.468 e. The van der Waals surface area contributed by atoms with Crippen molar-refractivity contribution in [3.05, 3.63) is 60.6 Å². The maximum Gasteiger partial charge on any atom is 0.241 e. The summed E-state index contributed by atoms with van der Waals surface area (Å²) in [4.78, 5) is 12.4. The van der Waals surface area contributed by atoms with E-state index >= 15 is 0 Å². The second kappa shape index (κ2) is 7.67. The van der Waals surface area contributed by atoms with E-state index < -0.39 is 10.0 Å². The summed E-state index contributed by atoms with van der Waals surface area (Å²) in [5, 5.41) is 2.81. The number of anilines is 1. The van der Waals surface area contributed by atoms with Gasteiger partial charge in [-0.2, -0.15) is 0 Å². The van der Waals surface area contributed by atoms with Crippen LogP contribution in [-0.4, -0.2) is 14.3 Å². The Kier molecular flexibility index (Phi) is 5.35. The van der Waals surface area contributed by atoms with E-state index in [0.29, 0.717) is 17.9 Å². The van der Waals surface area contributed by atoms with Gasteiger partial charge >= 0.3 is 0 Å². The smallest absolute Gasteiger partial charge is 0.241 e. The average Bonchev–Trinajstić information content (AvgIpc) is 3.15. The van der Waals surface area contributed by atoms with Gasteiger partial charge in [-0.3, -0.25) is 4.79 Å². The van der Waals surface area contributed by atoms with Crippen LogP contribution in [0.2, 0.25) is 0 Å². The van der Waals surface area contributed by atoms with Crippen LogP contribution in [0, 0.1) is 5.92 Å². The Bertz CT molecular complexity index is 857. The summed E-state index contributed by atoms with van der Waals surface area (Å²) in [7, 11) is -3.69. The van der Waals surface area contributed by atoms with Gasteiger partial charge in [-0.05, 0) is 49.6 Å². The highest BCUT2D eigenvalue weighted by Gasteiger charge is 2.20. The molecule has 25 heavy (non-hydrogen) atoms. The molecule has 6 nitrogen and oxygen atoms in total. The minimum atomic E-state index is -3.69. The fourth-order valence-corrected chi connectivity index (χ4v) is 3.72. The number of sulfonamides is 1. The molecule has 2 N–H and O–H groups in total. The summed E-state index contributed by atoms with van der Waals surface area (Å²) in [6.45, 7) is 0.0698. The minimum absolute atomic E-state index is 0.0673. The maximum atomic E-state index is 12.4. The number of carbonyl (C=O) groups is 1. The average molecular weight is 360 g/mol. The van der Waals surface area contributed by atoms with Crippen LogP contribution in [0.4, 0.5) is 5.69 Å². The summed E-state index contributed by atoms with van der Waals surface area (Å²) in [5.41, 5.74) is 0.473. The van der Waals surface area contributed by atoms with E-state index in [9.17, 15) is 13.2 Å². The summed E-state index contributed by atoms with van der Waals surface area (Å²) in [6.07, 6.45) is 7.98. The molecule has 0 aliphatic heterocycles. The Labute approximate surface area is 147 Å². The van der Waals surface area contributed by atoms with Crippen molar-refractivity contribution in [3.8, 4) is 0 Å². The molecular formula is C18H20N2O4S. The monoisotopic (exact) mass is 360 g/mol. The third-order valence-electron chi connectivity index (χ3n) is 4.07. The Hall–Kier alpha value is -2.38. The Balaban J connectivity index is 1.67. The topological polar surface area (TPSA) is 88.4 Å². The van der Waals surface area contributed by atoms with Crippen molar-refractivity contribution < 1.29 is 17.6 Å². The number of hydrogen-bond donors (Lipinski definition) is 2. The molecule has 1 amide bonds. The third-order valence-corrected chi connectivity index (χ3v) is 5.47. The van der Waals surface area contributed by atoms with Gasteiger partial charge in [0, 0.05) is 11.6 Å². The molecule has 1 aliphatic carbocycles. The van der Waals surface area contributed by atoms with Gasteiger partial charge in [0.1, 0.15) is 5.76 Å². The van der Waals surface area contributed by atoms with Gasteiger partial charge in [0.05, 0.1) is 17.7 Å². The summed E-state index contributed by atoms with van der Waals surface area (Å²) < 4.78 is 32.4. The highest BCUT2D eigenvalue weighted by molar-refractivity contribution is 7.89. The van der Waals surface area contributed by atoms with Crippen molar-refractivity contribution in [2.75, 3.05) is 5.32 Å². The number of hydrogen-bond acceptors (Lipinski definition) is 4. The molecule has 1 aromatic carbocycles. The zero-order chi connectivity index (χ0) is 17.7. The van der Waals surface area contributed by atoms with Crippen LogP contribution in [-0.2, 0) is 21.4 Å². The molecule has 1 aromatic heterocycles. The number of benzene rings is 1. The number of allylic oxidation sites excluding steroid dienone is 2. The number of rotatable bonds is 6. The Morgan fingerprint density at radius 3 is 2.80 bits per heavy atom. The van der Waals surface area contributed by atoms with Crippen molar-refractivity contribution in [2.45, 2.75) is 30.7 Å². The van der Waals surface area contributed by atoms with E-state index in [1.54, 1.807) is 24.3 Å². The van der Waals surface area contributed by atoms with Crippen LogP contribution in [0.1, 0.15) is 25.0 Å². The number of furan rings is 1. The first-order valence-corrected chi connectivity index (χ1v) is 9.61. The van der Waals surface area contributed by atoms with Crippen LogP contribution in [0.25, 0.3) is 0 Å². The lowest BCUT2D eigenvalue weighted by molar-refractivity contribution is -0.120. The molecule has 2 aromatic rings. The molecule has 1 unspecified atom stereocenters. The lowest BCUT2D eigenvalue weighted by Crippen LogP contribution is -2.25. The highest BCUT2D eigenvalue weighted by atomic mass is 32.2. The van der Waals surface area contributed by atoms with Crippen LogP contribution in [0.3, 0.4) is 0 Å². The van der Waals surface area contributed by atoms with E-state index in [0.717, 1.165) is 12.8 Å². The fraction of sp³-hybridized carbons (Fsp3) is 0.278. The molecule has 132 valence electrons. The zero-order valence-corrected chi connectivity index (χ0v) is 14.5. The summed E-state index contributed by atoms with van der Waals surface area (Å²) in [5.74, 6) is 0.378. The predicted molar refractivity (Wildman–Crippen MR) is 94.3 cm³/mol. The molecular weight excluding hydrogens is 340 g/mol. The minimum Gasteiger partial charge on any atom is -0.468 e. The van der Waals surface area contributed by atoms with Gasteiger partial charge in [0.15, 0.2) is 0 Å². The first-order valence-electron chi connectivity index (χ1n) is 8.12. The van der Waals surface area contributed by atoms with Crippen LogP contribution in [0.15, 0.2) is 64.1 Å². The van der Waals surface area contributed by atoms with Crippen LogP contribution >= 0.6 is 0 Å². The summed E-state index contributed by atoms with van der Waals surface area (Å²) >= 11 is 0. The molecule has 7 heteroatoms. The molecule has 1 atom stereocenters. The number of nitrogens with one attached hydrogen (secondary N) is 2. The van der Waals surface area contributed by atoms with Crippen LogP contribution < -0.4 is 10.0 Å². The molecule has 0 bridgehead atoms. The normalized spacial score (nSPS) is 17.4. The van der Waals surface area contributed by atoms with Gasteiger partial charge in [-0.15, -0.1) is 0 Å². The molecule has 3 rings (SSSR count). The molecule has 1 heterocycles. The second-order valence-corrected chi connectivity index (χ2v) is 7.67. The maximum absolute atomic E-state index is 12.4. The fourth-order valence-electron chi connectivity index (χ4n) is 2.68. The molecule has 0 spiro atoms. The van der Waals surface area contributed by atoms with Gasteiger partial charge in [0.25, 0.3) is 0 Å². The van der Waals surface area contributed by atoms with E-state index in [2.05, 4.69) is 16.1 Å². The van der Waals surface area contributed by atoms with Crippen molar-refractivity contribution in [3.63, 3.8) is 0 Å². The Morgan fingerprint density at radius 1 is 1.20 bits per heavy atom. The van der Waals surface area contributed by atoms with E-state index in [1.807, 2.05) is 6.08 Å². The number of amides is 1. The first-order chi connectivity index (χ1) is 12.0. The van der Waals surface area contributed by atoms with E-state index in [4.69, 9.17) is 4.42 Å². The van der Waals surface area contributed by atoms with E-state index in [1.165, 1.54) is 18.4 Å². The predicted octanol–water partition coefficient (Wildman–Crippen LogP) is 3.05. The molecule has 0 saturated heterocycles. The van der Waals surface area contributed by atoms with Crippen molar-refractivity contribution in [1.82, 2.24) is 4.72 Å². The molecule has 0 fully saturated rings. The van der Waals surface area contributed by atoms with Crippen molar-refractivity contribution in [1.29, 1.82) is 0 Å². The van der Waals surface area contributed by atoms with Crippen molar-refractivity contribution in [2.24, 2.45) is 5.92 Å². The van der Waals surface area contributed by atoms with Gasteiger partial charge < -0.3 is 9.73 Å². The molecule has 0 saturated carbocycles. The Morgan fingerprint density at radius 2 is 2.08 bits per heavy atom. The molecule has 1 aliphatic rings. The highest BCUT2D eigenvalue weighted by Crippen LogP contribution is 2.21.